The fourth-order valence-corrected chi connectivity index (χ4v) is 3.85. The first-order valence-electron chi connectivity index (χ1n) is 9.13. The Kier molecular flexibility index (Phi) is 4.53. The molecular formula is C19H24N4O2. The van der Waals surface area contributed by atoms with E-state index in [0.29, 0.717) is 11.7 Å². The summed E-state index contributed by atoms with van der Waals surface area (Å²) in [6.07, 6.45) is 4.44. The highest BCUT2D eigenvalue weighted by atomic mass is 16.5. The van der Waals surface area contributed by atoms with E-state index in [1.807, 2.05) is 17.0 Å². The number of aromatic nitrogens is 2. The van der Waals surface area contributed by atoms with Crippen LogP contribution in [0.2, 0.25) is 0 Å². The zero-order valence-corrected chi connectivity index (χ0v) is 14.6. The van der Waals surface area contributed by atoms with Crippen molar-refractivity contribution < 1.29 is 9.32 Å². The number of aryl methyl sites for hydroxylation is 1. The molecule has 1 amide bonds. The largest absolute Gasteiger partial charge is 0.340 e. The van der Waals surface area contributed by atoms with Crippen LogP contribution in [0.5, 0.6) is 0 Å². The Morgan fingerprint density at radius 2 is 1.92 bits per heavy atom. The van der Waals surface area contributed by atoms with Crippen molar-refractivity contribution >= 4 is 5.91 Å². The van der Waals surface area contributed by atoms with Crippen LogP contribution in [-0.2, 0) is 6.54 Å². The average Bonchev–Trinajstić information content (AvgIpc) is 3.36. The molecule has 0 saturated carbocycles. The molecule has 4 rings (SSSR count). The van der Waals surface area contributed by atoms with Crippen molar-refractivity contribution in [3.63, 3.8) is 0 Å². The van der Waals surface area contributed by atoms with Crippen LogP contribution in [0, 0.1) is 6.92 Å². The molecular weight excluding hydrogens is 316 g/mol. The van der Waals surface area contributed by atoms with Gasteiger partial charge in [-0.15, -0.1) is 0 Å². The molecule has 132 valence electrons. The van der Waals surface area contributed by atoms with Gasteiger partial charge in [0, 0.05) is 25.6 Å². The molecule has 0 N–H and O–H groups in total. The summed E-state index contributed by atoms with van der Waals surface area (Å²) in [4.78, 5) is 21.6. The number of rotatable bonds is 4. The van der Waals surface area contributed by atoms with Crippen LogP contribution in [0.4, 0.5) is 0 Å². The molecule has 2 fully saturated rings. The third-order valence-electron chi connectivity index (χ3n) is 5.16. The molecule has 2 aromatic rings. The number of hydrogen-bond donors (Lipinski definition) is 0. The van der Waals surface area contributed by atoms with Crippen LogP contribution in [-0.4, -0.2) is 45.5 Å². The van der Waals surface area contributed by atoms with E-state index >= 15 is 0 Å². The third kappa shape index (κ3) is 3.44. The summed E-state index contributed by atoms with van der Waals surface area (Å²) in [6, 6.07) is 7.98. The topological polar surface area (TPSA) is 62.5 Å². The Balaban J connectivity index is 1.46. The van der Waals surface area contributed by atoms with E-state index in [4.69, 9.17) is 4.52 Å². The van der Waals surface area contributed by atoms with Crippen LogP contribution in [0.1, 0.15) is 59.4 Å². The van der Waals surface area contributed by atoms with E-state index in [-0.39, 0.29) is 11.9 Å². The second-order valence-electron chi connectivity index (χ2n) is 7.01. The van der Waals surface area contributed by atoms with Crippen molar-refractivity contribution in [1.29, 1.82) is 0 Å². The first kappa shape index (κ1) is 16.3. The van der Waals surface area contributed by atoms with E-state index in [1.165, 1.54) is 31.5 Å². The Morgan fingerprint density at radius 3 is 2.60 bits per heavy atom. The van der Waals surface area contributed by atoms with Crippen LogP contribution >= 0.6 is 0 Å². The highest BCUT2D eigenvalue weighted by molar-refractivity contribution is 5.94. The van der Waals surface area contributed by atoms with Crippen LogP contribution in [0.25, 0.3) is 0 Å². The molecule has 3 heterocycles. The summed E-state index contributed by atoms with van der Waals surface area (Å²) in [6.45, 7) is 5.85. The minimum atomic E-state index is -0.0748. The number of carbonyl (C=O) groups excluding carboxylic acids is 1. The molecule has 0 aliphatic carbocycles. The normalized spacial score (nSPS) is 21.2. The predicted octanol–water partition coefficient (Wildman–Crippen LogP) is 2.95. The summed E-state index contributed by atoms with van der Waals surface area (Å²) in [5.41, 5.74) is 2.00. The van der Waals surface area contributed by atoms with Gasteiger partial charge < -0.3 is 9.42 Å². The first-order chi connectivity index (χ1) is 12.2. The van der Waals surface area contributed by atoms with Crippen molar-refractivity contribution in [3.8, 4) is 0 Å². The Hall–Kier alpha value is -2.21. The van der Waals surface area contributed by atoms with E-state index < -0.39 is 0 Å². The van der Waals surface area contributed by atoms with Gasteiger partial charge in [-0.05, 0) is 56.5 Å². The number of nitrogens with zero attached hydrogens (tertiary/aromatic N) is 4. The molecule has 1 atom stereocenters. The molecule has 2 aliphatic heterocycles. The van der Waals surface area contributed by atoms with Gasteiger partial charge in [-0.3, -0.25) is 9.69 Å². The fourth-order valence-electron chi connectivity index (χ4n) is 3.85. The van der Waals surface area contributed by atoms with Gasteiger partial charge in [-0.2, -0.15) is 4.98 Å². The molecule has 6 heteroatoms. The monoisotopic (exact) mass is 340 g/mol. The Bertz CT molecular complexity index is 734. The highest BCUT2D eigenvalue weighted by Crippen LogP contribution is 2.31. The quantitative estimate of drug-likeness (QED) is 0.856. The van der Waals surface area contributed by atoms with Gasteiger partial charge in [0.1, 0.15) is 0 Å². The standard InChI is InChI=1S/C19H24N4O2/c1-14-20-18(21-25-14)17-5-4-12-23(17)19(24)16-8-6-15(7-9-16)13-22-10-2-3-11-22/h6-9,17H,2-5,10-13H2,1H3/t17-/m0/s1. The smallest absolute Gasteiger partial charge is 0.254 e. The van der Waals surface area contributed by atoms with E-state index in [1.54, 1.807) is 6.92 Å². The molecule has 0 spiro atoms. The Labute approximate surface area is 147 Å². The van der Waals surface area contributed by atoms with Gasteiger partial charge in [0.05, 0.1) is 6.04 Å². The summed E-state index contributed by atoms with van der Waals surface area (Å²) < 4.78 is 5.09. The van der Waals surface area contributed by atoms with E-state index in [2.05, 4.69) is 27.2 Å². The molecule has 0 unspecified atom stereocenters. The number of likely N-dealkylation sites (tertiary alicyclic amines) is 2. The maximum absolute atomic E-state index is 12.9. The van der Waals surface area contributed by atoms with Gasteiger partial charge in [0.15, 0.2) is 5.82 Å². The molecule has 1 aromatic heterocycles. The van der Waals surface area contributed by atoms with Crippen LogP contribution in [0.3, 0.4) is 0 Å². The van der Waals surface area contributed by atoms with E-state index in [0.717, 1.165) is 31.5 Å². The van der Waals surface area contributed by atoms with Crippen molar-refractivity contribution in [3.05, 3.63) is 47.1 Å². The molecule has 25 heavy (non-hydrogen) atoms. The van der Waals surface area contributed by atoms with Crippen molar-refractivity contribution in [1.82, 2.24) is 19.9 Å². The lowest BCUT2D eigenvalue weighted by Gasteiger charge is -2.22. The van der Waals surface area contributed by atoms with Gasteiger partial charge in [0.25, 0.3) is 5.91 Å². The summed E-state index contributed by atoms with van der Waals surface area (Å²) in [5, 5.41) is 4.01. The van der Waals surface area contributed by atoms with Gasteiger partial charge in [-0.1, -0.05) is 17.3 Å². The maximum atomic E-state index is 12.9. The van der Waals surface area contributed by atoms with Crippen LogP contribution < -0.4 is 0 Å². The first-order valence-corrected chi connectivity index (χ1v) is 9.13. The SMILES string of the molecule is Cc1nc([C@@H]2CCCN2C(=O)c2ccc(CN3CCCC3)cc2)no1. The van der Waals surface area contributed by atoms with Gasteiger partial charge in [-0.25, -0.2) is 0 Å². The number of hydrogen-bond acceptors (Lipinski definition) is 5. The van der Waals surface area contributed by atoms with Crippen molar-refractivity contribution in [2.75, 3.05) is 19.6 Å². The van der Waals surface area contributed by atoms with E-state index in [9.17, 15) is 4.79 Å². The number of benzene rings is 1. The van der Waals surface area contributed by atoms with Crippen molar-refractivity contribution in [2.24, 2.45) is 0 Å². The highest BCUT2D eigenvalue weighted by Gasteiger charge is 2.33. The summed E-state index contributed by atoms with van der Waals surface area (Å²) >= 11 is 0. The zero-order valence-electron chi connectivity index (χ0n) is 14.6. The lowest BCUT2D eigenvalue weighted by molar-refractivity contribution is 0.0728. The average molecular weight is 340 g/mol. The van der Waals surface area contributed by atoms with Gasteiger partial charge >= 0.3 is 0 Å². The summed E-state index contributed by atoms with van der Waals surface area (Å²) in [7, 11) is 0. The molecule has 0 radical (unpaired) electrons. The lowest BCUT2D eigenvalue weighted by atomic mass is 10.1. The third-order valence-corrected chi connectivity index (χ3v) is 5.16. The van der Waals surface area contributed by atoms with Crippen LogP contribution in [0.15, 0.2) is 28.8 Å². The lowest BCUT2D eigenvalue weighted by Crippen LogP contribution is -2.31. The maximum Gasteiger partial charge on any atom is 0.254 e. The Morgan fingerprint density at radius 1 is 1.16 bits per heavy atom. The second kappa shape index (κ2) is 6.96. The number of amides is 1. The molecule has 1 aromatic carbocycles. The van der Waals surface area contributed by atoms with Crippen molar-refractivity contribution in [2.45, 2.75) is 45.2 Å². The zero-order chi connectivity index (χ0) is 17.2. The molecule has 2 saturated heterocycles. The number of carbonyl (C=O) groups is 1. The molecule has 2 aliphatic rings. The molecule has 0 bridgehead atoms. The minimum Gasteiger partial charge on any atom is -0.340 e. The summed E-state index contributed by atoms with van der Waals surface area (Å²) in [5.74, 6) is 1.22. The van der Waals surface area contributed by atoms with Gasteiger partial charge in [0.2, 0.25) is 5.89 Å². The second-order valence-corrected chi connectivity index (χ2v) is 7.01. The fraction of sp³-hybridized carbons (Fsp3) is 0.526. The predicted molar refractivity (Wildman–Crippen MR) is 93.0 cm³/mol. The minimum absolute atomic E-state index is 0.0534. The molecule has 6 nitrogen and oxygen atoms in total.